The predicted octanol–water partition coefficient (Wildman–Crippen LogP) is 5.52. The summed E-state index contributed by atoms with van der Waals surface area (Å²) < 4.78 is 27.3. The first-order chi connectivity index (χ1) is 9.66. The lowest BCUT2D eigenvalue weighted by Gasteiger charge is -2.29. The van der Waals surface area contributed by atoms with E-state index in [0.717, 1.165) is 25.3 Å². The number of aryl methyl sites for hydroxylation is 1. The highest BCUT2D eigenvalue weighted by Gasteiger charge is 2.28. The van der Waals surface area contributed by atoms with Crippen molar-refractivity contribution in [2.75, 3.05) is 0 Å². The highest BCUT2D eigenvalue weighted by Crippen LogP contribution is 2.45. The topological polar surface area (TPSA) is 0 Å². The van der Waals surface area contributed by atoms with Crippen molar-refractivity contribution in [3.05, 3.63) is 70.8 Å². The second-order valence-corrected chi connectivity index (χ2v) is 6.25. The van der Waals surface area contributed by atoms with Crippen LogP contribution in [-0.2, 0) is 6.42 Å². The van der Waals surface area contributed by atoms with E-state index in [1.807, 2.05) is 12.1 Å². The third-order valence-corrected chi connectivity index (χ3v) is 5.16. The molecule has 0 bridgehead atoms. The lowest BCUT2D eigenvalue weighted by molar-refractivity contribution is 0.522. The molecule has 2 atom stereocenters. The Hall–Kier alpha value is -1.22. The van der Waals surface area contributed by atoms with E-state index in [1.54, 1.807) is 0 Å². The molecule has 0 N–H and O–H groups in total. The molecule has 0 fully saturated rings. The molecule has 3 rings (SSSR count). The first kappa shape index (κ1) is 13.7. The molecule has 0 heterocycles. The quantitative estimate of drug-likeness (QED) is 0.633. The van der Waals surface area contributed by atoms with Crippen molar-refractivity contribution in [3.63, 3.8) is 0 Å². The average molecular weight is 337 g/mol. The van der Waals surface area contributed by atoms with Crippen molar-refractivity contribution < 1.29 is 8.78 Å². The van der Waals surface area contributed by atoms with Gasteiger partial charge in [-0.2, -0.15) is 0 Å². The van der Waals surface area contributed by atoms with E-state index in [2.05, 4.69) is 28.1 Å². The summed E-state index contributed by atoms with van der Waals surface area (Å²) in [5.41, 5.74) is 2.99. The second kappa shape index (κ2) is 5.65. The summed E-state index contributed by atoms with van der Waals surface area (Å²) in [5, 5.41) is 0. The van der Waals surface area contributed by atoms with Crippen molar-refractivity contribution in [3.8, 4) is 0 Å². The molecule has 104 valence electrons. The molecule has 1 aliphatic carbocycles. The molecule has 0 saturated heterocycles. The zero-order valence-electron chi connectivity index (χ0n) is 11.0. The molecule has 0 saturated carbocycles. The van der Waals surface area contributed by atoms with Crippen LogP contribution in [0.5, 0.6) is 0 Å². The van der Waals surface area contributed by atoms with Crippen LogP contribution in [0.3, 0.4) is 0 Å². The van der Waals surface area contributed by atoms with Gasteiger partial charge in [-0.3, -0.25) is 0 Å². The van der Waals surface area contributed by atoms with E-state index >= 15 is 0 Å². The Balaban J connectivity index is 1.99. The number of fused-ring (bicyclic) bond motifs is 1. The minimum atomic E-state index is -0.394. The van der Waals surface area contributed by atoms with Crippen LogP contribution in [0, 0.1) is 11.6 Å². The number of benzene rings is 2. The van der Waals surface area contributed by atoms with Gasteiger partial charge in [0.25, 0.3) is 0 Å². The van der Waals surface area contributed by atoms with Crippen molar-refractivity contribution in [2.24, 2.45) is 0 Å². The number of hydrogen-bond donors (Lipinski definition) is 0. The van der Waals surface area contributed by atoms with Crippen LogP contribution in [0.25, 0.3) is 0 Å². The van der Waals surface area contributed by atoms with E-state index in [9.17, 15) is 8.78 Å². The predicted molar refractivity (Wildman–Crippen MR) is 80.1 cm³/mol. The zero-order valence-corrected chi connectivity index (χ0v) is 12.5. The van der Waals surface area contributed by atoms with E-state index in [1.165, 1.54) is 23.3 Å². The third kappa shape index (κ3) is 2.51. The van der Waals surface area contributed by atoms with Crippen LogP contribution in [0.4, 0.5) is 8.78 Å². The van der Waals surface area contributed by atoms with Gasteiger partial charge < -0.3 is 0 Å². The summed E-state index contributed by atoms with van der Waals surface area (Å²) in [5.74, 6) is -0.553. The summed E-state index contributed by atoms with van der Waals surface area (Å²) in [6, 6.07) is 11.9. The highest BCUT2D eigenvalue weighted by molar-refractivity contribution is 9.09. The normalized spacial score (nSPS) is 19.4. The molecule has 0 aliphatic heterocycles. The second-order valence-electron chi connectivity index (χ2n) is 5.27. The van der Waals surface area contributed by atoms with Crippen LogP contribution >= 0.6 is 15.9 Å². The molecule has 0 spiro atoms. The van der Waals surface area contributed by atoms with Gasteiger partial charge in [0.15, 0.2) is 0 Å². The Morgan fingerprint density at radius 3 is 2.75 bits per heavy atom. The van der Waals surface area contributed by atoms with Gasteiger partial charge in [0.2, 0.25) is 0 Å². The molecule has 2 unspecified atom stereocenters. The first-order valence-corrected chi connectivity index (χ1v) is 7.75. The van der Waals surface area contributed by atoms with E-state index in [4.69, 9.17) is 0 Å². The minimum absolute atomic E-state index is 0.191. The first-order valence-electron chi connectivity index (χ1n) is 6.83. The van der Waals surface area contributed by atoms with Gasteiger partial charge >= 0.3 is 0 Å². The van der Waals surface area contributed by atoms with Crippen LogP contribution in [0.2, 0.25) is 0 Å². The molecule has 1 aliphatic rings. The van der Waals surface area contributed by atoms with E-state index in [0.29, 0.717) is 5.56 Å². The Morgan fingerprint density at radius 1 is 1.10 bits per heavy atom. The van der Waals surface area contributed by atoms with Gasteiger partial charge in [-0.15, -0.1) is 0 Å². The average Bonchev–Trinajstić information content (AvgIpc) is 2.48. The van der Waals surface area contributed by atoms with Crippen molar-refractivity contribution in [1.82, 2.24) is 0 Å². The summed E-state index contributed by atoms with van der Waals surface area (Å²) in [4.78, 5) is -0.195. The fraction of sp³-hybridized carbons (Fsp3) is 0.294. The maximum atomic E-state index is 14.0. The van der Waals surface area contributed by atoms with Crippen molar-refractivity contribution in [1.29, 1.82) is 0 Å². The lowest BCUT2D eigenvalue weighted by atomic mass is 9.79. The lowest BCUT2D eigenvalue weighted by Crippen LogP contribution is -2.15. The Labute approximate surface area is 126 Å². The Bertz CT molecular complexity index is 624. The number of rotatable bonds is 2. The fourth-order valence-electron chi connectivity index (χ4n) is 3.04. The molecular weight excluding hydrogens is 322 g/mol. The monoisotopic (exact) mass is 336 g/mol. The molecule has 2 aromatic rings. The minimum Gasteiger partial charge on any atom is -0.207 e. The van der Waals surface area contributed by atoms with Crippen molar-refractivity contribution >= 4 is 15.9 Å². The van der Waals surface area contributed by atoms with Gasteiger partial charge in [0.05, 0.1) is 0 Å². The molecular formula is C17H15BrF2. The molecule has 0 aromatic heterocycles. The van der Waals surface area contributed by atoms with Gasteiger partial charge in [-0.1, -0.05) is 40.2 Å². The molecule has 20 heavy (non-hydrogen) atoms. The smallest absolute Gasteiger partial charge is 0.127 e. The van der Waals surface area contributed by atoms with Crippen LogP contribution in [0.15, 0.2) is 42.5 Å². The molecule has 0 nitrogen and oxygen atoms in total. The van der Waals surface area contributed by atoms with Gasteiger partial charge in [0, 0.05) is 16.3 Å². The molecule has 0 amide bonds. The van der Waals surface area contributed by atoms with Crippen molar-refractivity contribution in [2.45, 2.75) is 30.0 Å². The number of alkyl halides is 1. The summed E-state index contributed by atoms with van der Waals surface area (Å²) in [7, 11) is 0. The Kier molecular flexibility index (Phi) is 3.88. The van der Waals surface area contributed by atoms with E-state index < -0.39 is 5.82 Å². The molecule has 2 aromatic carbocycles. The molecule has 3 heteroatoms. The molecule has 0 radical (unpaired) electrons. The maximum Gasteiger partial charge on any atom is 0.127 e. The summed E-state index contributed by atoms with van der Waals surface area (Å²) in [6.07, 6.45) is 3.14. The fourth-order valence-corrected chi connectivity index (χ4v) is 3.94. The zero-order chi connectivity index (χ0) is 14.1. The Morgan fingerprint density at radius 2 is 1.90 bits per heavy atom. The third-order valence-electron chi connectivity index (χ3n) is 4.02. The summed E-state index contributed by atoms with van der Waals surface area (Å²) >= 11 is 3.60. The van der Waals surface area contributed by atoms with Crippen LogP contribution in [0.1, 0.15) is 40.3 Å². The van der Waals surface area contributed by atoms with Gasteiger partial charge in [0.1, 0.15) is 11.6 Å². The number of hydrogen-bond acceptors (Lipinski definition) is 0. The van der Waals surface area contributed by atoms with Crippen LogP contribution < -0.4 is 0 Å². The number of halogens is 3. The SMILES string of the molecule is Fc1ccc(F)c(C(Br)C2CCCc3ccccc32)c1. The largest absolute Gasteiger partial charge is 0.207 e. The summed E-state index contributed by atoms with van der Waals surface area (Å²) in [6.45, 7) is 0. The maximum absolute atomic E-state index is 14.0. The van der Waals surface area contributed by atoms with Gasteiger partial charge in [-0.25, -0.2) is 8.78 Å². The van der Waals surface area contributed by atoms with Gasteiger partial charge in [-0.05, 0) is 48.6 Å². The van der Waals surface area contributed by atoms with E-state index in [-0.39, 0.29) is 16.6 Å². The highest BCUT2D eigenvalue weighted by atomic mass is 79.9. The van der Waals surface area contributed by atoms with Crippen LogP contribution in [-0.4, -0.2) is 0 Å². The standard InChI is InChI=1S/C17H15BrF2/c18-17(15-10-12(19)8-9-16(15)20)14-7-3-5-11-4-1-2-6-13(11)14/h1-2,4,6,8-10,14,17H,3,5,7H2.